The lowest BCUT2D eigenvalue weighted by Gasteiger charge is -2.16. The molecule has 106 valence electrons. The molecular weight excluding hydrogens is 362 g/mol. The fourth-order valence-electron chi connectivity index (χ4n) is 1.84. The molecule has 1 amide bonds. The Bertz CT molecular complexity index is 589. The maximum absolute atomic E-state index is 11.4. The Balaban J connectivity index is 2.23. The van der Waals surface area contributed by atoms with E-state index in [0.29, 0.717) is 17.7 Å². The summed E-state index contributed by atoms with van der Waals surface area (Å²) in [6, 6.07) is 9.29. The van der Waals surface area contributed by atoms with E-state index in [-0.39, 0.29) is 11.8 Å². The van der Waals surface area contributed by atoms with Gasteiger partial charge in [0.15, 0.2) is 0 Å². The lowest BCUT2D eigenvalue weighted by molar-refractivity contribution is -0.113. The molecule has 3 nitrogen and oxygen atoms in total. The molecule has 1 atom stereocenters. The zero-order chi connectivity index (χ0) is 14.5. The Morgan fingerprint density at radius 3 is 2.90 bits per heavy atom. The average Bonchev–Trinajstić information content (AvgIpc) is 2.93. The number of rotatable bonds is 5. The molecule has 0 radical (unpaired) electrons. The van der Waals surface area contributed by atoms with E-state index in [1.807, 2.05) is 29.6 Å². The molecule has 0 aliphatic carbocycles. The summed E-state index contributed by atoms with van der Waals surface area (Å²) in [5, 5.41) is 15.1. The largest absolute Gasteiger partial charge is 0.388 e. The van der Waals surface area contributed by atoms with Crippen molar-refractivity contribution < 1.29 is 9.90 Å². The van der Waals surface area contributed by atoms with Gasteiger partial charge in [0.1, 0.15) is 5.88 Å². The highest BCUT2D eigenvalue weighted by Crippen LogP contribution is 2.30. The van der Waals surface area contributed by atoms with Crippen LogP contribution in [-0.2, 0) is 11.2 Å². The van der Waals surface area contributed by atoms with E-state index in [4.69, 9.17) is 11.6 Å². The molecule has 0 saturated carbocycles. The van der Waals surface area contributed by atoms with E-state index >= 15 is 0 Å². The predicted molar refractivity (Wildman–Crippen MR) is 86.5 cm³/mol. The van der Waals surface area contributed by atoms with Gasteiger partial charge in [-0.15, -0.1) is 22.9 Å². The molecule has 20 heavy (non-hydrogen) atoms. The van der Waals surface area contributed by atoms with Crippen LogP contribution in [0.15, 0.2) is 40.2 Å². The van der Waals surface area contributed by atoms with Gasteiger partial charge < -0.3 is 10.4 Å². The van der Waals surface area contributed by atoms with E-state index < -0.39 is 6.10 Å². The number of halogens is 2. The summed E-state index contributed by atoms with van der Waals surface area (Å²) in [5.41, 5.74) is 1.26. The van der Waals surface area contributed by atoms with Crippen molar-refractivity contribution >= 4 is 50.5 Å². The van der Waals surface area contributed by atoms with Crippen LogP contribution in [0.1, 0.15) is 16.5 Å². The Morgan fingerprint density at radius 1 is 1.45 bits per heavy atom. The highest BCUT2D eigenvalue weighted by molar-refractivity contribution is 9.10. The van der Waals surface area contributed by atoms with Crippen molar-refractivity contribution in [3.8, 4) is 0 Å². The molecule has 2 N–H and O–H groups in total. The Morgan fingerprint density at radius 2 is 2.25 bits per heavy atom. The van der Waals surface area contributed by atoms with Crippen molar-refractivity contribution in [1.29, 1.82) is 0 Å². The molecule has 0 spiro atoms. The maximum atomic E-state index is 11.4. The molecule has 2 rings (SSSR count). The first kappa shape index (κ1) is 15.5. The number of thiophene rings is 1. The number of amides is 1. The molecule has 0 saturated heterocycles. The number of benzene rings is 1. The molecule has 0 fully saturated rings. The second kappa shape index (κ2) is 7.22. The number of hydrogen-bond donors (Lipinski definition) is 2. The smallest absolute Gasteiger partial charge is 0.239 e. The monoisotopic (exact) mass is 373 g/mol. The first-order valence-corrected chi connectivity index (χ1v) is 8.16. The normalized spacial score (nSPS) is 12.2. The molecule has 2 aromatic rings. The van der Waals surface area contributed by atoms with Crippen LogP contribution < -0.4 is 5.32 Å². The van der Waals surface area contributed by atoms with E-state index in [9.17, 15) is 9.90 Å². The summed E-state index contributed by atoms with van der Waals surface area (Å²) < 4.78 is 0.849. The average molecular weight is 375 g/mol. The van der Waals surface area contributed by atoms with Gasteiger partial charge in [0, 0.05) is 27.0 Å². The standard InChI is InChI=1S/C14H13BrClNO2S/c15-9-3-4-12(17-14(19)8-16)11(6-9)13(18)7-10-2-1-5-20-10/h1-6,13,18H,7-8H2,(H,17,19). The van der Waals surface area contributed by atoms with Gasteiger partial charge in [-0.2, -0.15) is 0 Å². The third kappa shape index (κ3) is 4.06. The second-order valence-corrected chi connectivity index (χ2v) is 6.43. The van der Waals surface area contributed by atoms with Crippen LogP contribution in [0.3, 0.4) is 0 Å². The van der Waals surface area contributed by atoms with Gasteiger partial charge in [-0.25, -0.2) is 0 Å². The summed E-state index contributed by atoms with van der Waals surface area (Å²) in [4.78, 5) is 12.5. The van der Waals surface area contributed by atoms with Gasteiger partial charge in [0.25, 0.3) is 0 Å². The molecule has 1 heterocycles. The van der Waals surface area contributed by atoms with E-state index in [1.54, 1.807) is 17.4 Å². The quantitative estimate of drug-likeness (QED) is 0.778. The number of alkyl halides is 1. The molecule has 1 aromatic heterocycles. The summed E-state index contributed by atoms with van der Waals surface area (Å²) in [6.45, 7) is 0. The van der Waals surface area contributed by atoms with Crippen LogP contribution in [0.2, 0.25) is 0 Å². The highest BCUT2D eigenvalue weighted by Gasteiger charge is 2.15. The van der Waals surface area contributed by atoms with Crippen LogP contribution in [0.4, 0.5) is 5.69 Å². The summed E-state index contributed by atoms with van der Waals surface area (Å²) >= 11 is 10.5. The van der Waals surface area contributed by atoms with Gasteiger partial charge in [-0.1, -0.05) is 22.0 Å². The van der Waals surface area contributed by atoms with Crippen molar-refractivity contribution in [2.24, 2.45) is 0 Å². The van der Waals surface area contributed by atoms with Crippen LogP contribution in [0.5, 0.6) is 0 Å². The Hall–Kier alpha value is -0.880. The van der Waals surface area contributed by atoms with Crippen molar-refractivity contribution in [3.63, 3.8) is 0 Å². The summed E-state index contributed by atoms with van der Waals surface area (Å²) in [5.74, 6) is -0.408. The number of nitrogens with one attached hydrogen (secondary N) is 1. The summed E-state index contributed by atoms with van der Waals surface area (Å²) in [7, 11) is 0. The number of carbonyl (C=O) groups excluding carboxylic acids is 1. The SMILES string of the molecule is O=C(CCl)Nc1ccc(Br)cc1C(O)Cc1cccs1. The number of hydrogen-bond acceptors (Lipinski definition) is 3. The first-order chi connectivity index (χ1) is 9.60. The third-order valence-corrected chi connectivity index (χ3v) is 4.38. The van der Waals surface area contributed by atoms with Gasteiger partial charge in [0.05, 0.1) is 6.10 Å². The topological polar surface area (TPSA) is 49.3 Å². The molecule has 0 aliphatic rings. The Labute approximate surface area is 134 Å². The number of carbonyl (C=O) groups is 1. The number of aliphatic hydroxyl groups excluding tert-OH is 1. The predicted octanol–water partition coefficient (Wildman–Crippen LogP) is 3.96. The van der Waals surface area contributed by atoms with Crippen LogP contribution >= 0.6 is 38.9 Å². The molecule has 1 unspecified atom stereocenters. The zero-order valence-corrected chi connectivity index (χ0v) is 13.6. The maximum Gasteiger partial charge on any atom is 0.239 e. The lowest BCUT2D eigenvalue weighted by atomic mass is 10.0. The van der Waals surface area contributed by atoms with Crippen molar-refractivity contribution in [3.05, 3.63) is 50.6 Å². The highest BCUT2D eigenvalue weighted by atomic mass is 79.9. The van der Waals surface area contributed by atoms with Gasteiger partial charge >= 0.3 is 0 Å². The number of anilines is 1. The fourth-order valence-corrected chi connectivity index (χ4v) is 3.02. The van der Waals surface area contributed by atoms with Crippen molar-refractivity contribution in [2.45, 2.75) is 12.5 Å². The zero-order valence-electron chi connectivity index (χ0n) is 10.5. The second-order valence-electron chi connectivity index (χ2n) is 4.21. The lowest BCUT2D eigenvalue weighted by Crippen LogP contribution is -2.15. The van der Waals surface area contributed by atoms with Crippen LogP contribution in [-0.4, -0.2) is 16.9 Å². The van der Waals surface area contributed by atoms with Gasteiger partial charge in [0.2, 0.25) is 5.91 Å². The minimum Gasteiger partial charge on any atom is -0.388 e. The van der Waals surface area contributed by atoms with Crippen molar-refractivity contribution in [1.82, 2.24) is 0 Å². The Kier molecular flexibility index (Phi) is 5.60. The molecular formula is C14H13BrClNO2S. The van der Waals surface area contributed by atoms with Gasteiger partial charge in [-0.3, -0.25) is 4.79 Å². The van der Waals surface area contributed by atoms with Crippen molar-refractivity contribution in [2.75, 3.05) is 11.2 Å². The molecule has 0 aliphatic heterocycles. The van der Waals surface area contributed by atoms with Crippen LogP contribution in [0.25, 0.3) is 0 Å². The first-order valence-electron chi connectivity index (χ1n) is 5.96. The molecule has 6 heteroatoms. The fraction of sp³-hybridized carbons (Fsp3) is 0.214. The number of aliphatic hydroxyl groups is 1. The summed E-state index contributed by atoms with van der Waals surface area (Å²) in [6.07, 6.45) is -0.172. The van der Waals surface area contributed by atoms with Gasteiger partial charge in [-0.05, 0) is 29.6 Å². The van der Waals surface area contributed by atoms with E-state index in [2.05, 4.69) is 21.2 Å². The third-order valence-electron chi connectivity index (χ3n) is 2.74. The minimum absolute atomic E-state index is 0.115. The van der Waals surface area contributed by atoms with E-state index in [0.717, 1.165) is 9.35 Å². The molecule has 0 bridgehead atoms. The van der Waals surface area contributed by atoms with Crippen LogP contribution in [0, 0.1) is 0 Å². The van der Waals surface area contributed by atoms with E-state index in [1.165, 1.54) is 0 Å². The minimum atomic E-state index is -0.684. The molecule has 1 aromatic carbocycles.